The Labute approximate surface area is 180 Å². The second-order valence-corrected chi connectivity index (χ2v) is 8.09. The fourth-order valence-corrected chi connectivity index (χ4v) is 4.10. The van der Waals surface area contributed by atoms with Gasteiger partial charge in [-0.2, -0.15) is 5.10 Å². The lowest BCUT2D eigenvalue weighted by Crippen LogP contribution is -2.15. The van der Waals surface area contributed by atoms with Crippen molar-refractivity contribution in [1.29, 1.82) is 0 Å². The van der Waals surface area contributed by atoms with Crippen LogP contribution in [0.1, 0.15) is 55.1 Å². The number of carbonyl (C=O) groups excluding carboxylic acids is 2. The van der Waals surface area contributed by atoms with E-state index in [4.69, 9.17) is 16.3 Å². The first-order valence-electron chi connectivity index (χ1n) is 10.0. The van der Waals surface area contributed by atoms with Crippen LogP contribution in [0.25, 0.3) is 0 Å². The fraction of sp³-hybridized carbons (Fsp3) is 0.292. The van der Waals surface area contributed by atoms with E-state index in [9.17, 15) is 9.59 Å². The summed E-state index contributed by atoms with van der Waals surface area (Å²) in [6, 6.07) is 13.7. The molecule has 0 amide bonds. The first kappa shape index (κ1) is 20.4. The number of benzene rings is 2. The molecule has 1 heterocycles. The van der Waals surface area contributed by atoms with Crippen molar-refractivity contribution in [3.63, 3.8) is 0 Å². The molecule has 0 atom stereocenters. The molecule has 1 aliphatic carbocycles. The number of ketones is 1. The summed E-state index contributed by atoms with van der Waals surface area (Å²) in [7, 11) is 0. The number of aromatic nitrogens is 2. The minimum atomic E-state index is -0.637. The molecule has 3 aromatic rings. The maximum absolute atomic E-state index is 12.6. The van der Waals surface area contributed by atoms with Crippen LogP contribution in [-0.4, -0.2) is 28.1 Å². The van der Waals surface area contributed by atoms with Crippen molar-refractivity contribution in [2.75, 3.05) is 6.61 Å². The number of ether oxygens (including phenoxy) is 1. The van der Waals surface area contributed by atoms with Gasteiger partial charge in [-0.25, -0.2) is 9.48 Å². The second kappa shape index (κ2) is 8.44. The van der Waals surface area contributed by atoms with E-state index in [0.29, 0.717) is 17.8 Å². The molecule has 1 aromatic heterocycles. The molecule has 1 aliphatic rings. The number of esters is 1. The quantitative estimate of drug-likeness (QED) is 0.425. The largest absolute Gasteiger partial charge is 0.454 e. The van der Waals surface area contributed by atoms with Crippen LogP contribution in [0.15, 0.2) is 42.5 Å². The molecule has 30 heavy (non-hydrogen) atoms. The van der Waals surface area contributed by atoms with Gasteiger partial charge < -0.3 is 4.74 Å². The molecule has 0 spiro atoms. The van der Waals surface area contributed by atoms with Crippen LogP contribution in [0.2, 0.25) is 5.15 Å². The van der Waals surface area contributed by atoms with Gasteiger partial charge in [0.15, 0.2) is 12.4 Å². The van der Waals surface area contributed by atoms with Crippen LogP contribution in [0.5, 0.6) is 0 Å². The van der Waals surface area contributed by atoms with Gasteiger partial charge in [-0.05, 0) is 55.9 Å². The Morgan fingerprint density at radius 2 is 1.80 bits per heavy atom. The van der Waals surface area contributed by atoms with Crippen LogP contribution < -0.4 is 0 Å². The third-order valence-corrected chi connectivity index (χ3v) is 5.86. The molecule has 0 saturated heterocycles. The smallest absolute Gasteiger partial charge is 0.343 e. The summed E-state index contributed by atoms with van der Waals surface area (Å²) in [6.07, 6.45) is 3.17. The van der Waals surface area contributed by atoms with Crippen molar-refractivity contribution in [1.82, 2.24) is 9.78 Å². The Morgan fingerprint density at radius 1 is 1.07 bits per heavy atom. The van der Waals surface area contributed by atoms with Crippen molar-refractivity contribution in [3.8, 4) is 0 Å². The average Bonchev–Trinajstić information content (AvgIpc) is 3.31. The zero-order valence-corrected chi connectivity index (χ0v) is 17.8. The maximum atomic E-state index is 12.6. The average molecular weight is 423 g/mol. The highest BCUT2D eigenvalue weighted by molar-refractivity contribution is 6.32. The van der Waals surface area contributed by atoms with E-state index in [1.165, 1.54) is 16.7 Å². The first-order chi connectivity index (χ1) is 14.4. The summed E-state index contributed by atoms with van der Waals surface area (Å²) in [6.45, 7) is 3.85. The van der Waals surface area contributed by atoms with Gasteiger partial charge in [0.25, 0.3) is 0 Å². The topological polar surface area (TPSA) is 61.2 Å². The van der Waals surface area contributed by atoms with Gasteiger partial charge in [0.05, 0.1) is 12.2 Å². The van der Waals surface area contributed by atoms with Crippen LogP contribution in [-0.2, 0) is 24.1 Å². The molecule has 4 rings (SSSR count). The van der Waals surface area contributed by atoms with Crippen molar-refractivity contribution in [2.24, 2.45) is 0 Å². The molecule has 0 aliphatic heterocycles. The molecule has 0 unspecified atom stereocenters. The standard InChI is InChI=1S/C24H23ClN2O3/c1-15-6-8-17(9-7-15)13-27-23(25)22(16(2)26-27)24(29)30-14-21(28)20-11-10-18-4-3-5-19(18)12-20/h6-12H,3-5,13-14H2,1-2H3. The van der Waals surface area contributed by atoms with Crippen LogP contribution in [0, 0.1) is 13.8 Å². The molecule has 0 N–H and O–H groups in total. The number of halogens is 1. The molecule has 0 bridgehead atoms. The normalized spacial score (nSPS) is 12.6. The van der Waals surface area contributed by atoms with E-state index in [2.05, 4.69) is 5.10 Å². The fourth-order valence-electron chi connectivity index (χ4n) is 3.79. The molecular formula is C24H23ClN2O3. The summed E-state index contributed by atoms with van der Waals surface area (Å²) < 4.78 is 6.85. The van der Waals surface area contributed by atoms with Gasteiger partial charge in [0, 0.05) is 5.56 Å². The van der Waals surface area contributed by atoms with Gasteiger partial charge >= 0.3 is 5.97 Å². The van der Waals surface area contributed by atoms with Crippen molar-refractivity contribution in [3.05, 3.63) is 86.7 Å². The Balaban J connectivity index is 1.43. The van der Waals surface area contributed by atoms with E-state index < -0.39 is 5.97 Å². The predicted octanol–water partition coefficient (Wildman–Crippen LogP) is 4.73. The minimum Gasteiger partial charge on any atom is -0.454 e. The molecular weight excluding hydrogens is 400 g/mol. The van der Waals surface area contributed by atoms with Crippen LogP contribution >= 0.6 is 11.6 Å². The summed E-state index contributed by atoms with van der Waals surface area (Å²) in [5.41, 5.74) is 5.94. The van der Waals surface area contributed by atoms with E-state index >= 15 is 0 Å². The number of aryl methyl sites for hydroxylation is 4. The van der Waals surface area contributed by atoms with Gasteiger partial charge in [0.2, 0.25) is 0 Å². The van der Waals surface area contributed by atoms with Gasteiger partial charge in [-0.3, -0.25) is 4.79 Å². The third-order valence-electron chi connectivity index (χ3n) is 5.48. The summed E-state index contributed by atoms with van der Waals surface area (Å²) in [5, 5.41) is 4.58. The van der Waals surface area contributed by atoms with E-state index in [1.807, 2.05) is 43.3 Å². The maximum Gasteiger partial charge on any atom is 0.343 e. The van der Waals surface area contributed by atoms with E-state index in [0.717, 1.165) is 24.8 Å². The second-order valence-electron chi connectivity index (χ2n) is 7.73. The SMILES string of the molecule is Cc1ccc(Cn2nc(C)c(C(=O)OCC(=O)c3ccc4c(c3)CCC4)c2Cl)cc1. The highest BCUT2D eigenvalue weighted by Crippen LogP contribution is 2.24. The highest BCUT2D eigenvalue weighted by atomic mass is 35.5. The van der Waals surface area contributed by atoms with Crippen LogP contribution in [0.4, 0.5) is 0 Å². The van der Waals surface area contributed by atoms with Crippen LogP contribution in [0.3, 0.4) is 0 Å². The van der Waals surface area contributed by atoms with E-state index in [-0.39, 0.29) is 23.1 Å². The lowest BCUT2D eigenvalue weighted by molar-refractivity contribution is 0.0474. The summed E-state index contributed by atoms with van der Waals surface area (Å²) in [5.74, 6) is -0.860. The van der Waals surface area contributed by atoms with Gasteiger partial charge in [0.1, 0.15) is 10.7 Å². The molecule has 2 aromatic carbocycles. The number of hydrogen-bond acceptors (Lipinski definition) is 4. The molecule has 6 heteroatoms. The summed E-state index contributed by atoms with van der Waals surface area (Å²) >= 11 is 6.42. The Morgan fingerprint density at radius 3 is 2.57 bits per heavy atom. The van der Waals surface area contributed by atoms with Gasteiger partial charge in [-0.1, -0.05) is 53.6 Å². The molecule has 0 saturated carbocycles. The number of Topliss-reactive ketones (excluding diaryl/α,β-unsaturated/α-hetero) is 1. The Bertz CT molecular complexity index is 1120. The lowest BCUT2D eigenvalue weighted by atomic mass is 10.0. The minimum absolute atomic E-state index is 0.200. The van der Waals surface area contributed by atoms with E-state index in [1.54, 1.807) is 17.7 Å². The lowest BCUT2D eigenvalue weighted by Gasteiger charge is -2.07. The predicted molar refractivity (Wildman–Crippen MR) is 115 cm³/mol. The Kier molecular flexibility index (Phi) is 5.73. The zero-order valence-electron chi connectivity index (χ0n) is 17.1. The van der Waals surface area contributed by atoms with Crippen molar-refractivity contribution < 1.29 is 14.3 Å². The molecule has 5 nitrogen and oxygen atoms in total. The number of fused-ring (bicyclic) bond motifs is 1. The molecule has 154 valence electrons. The van der Waals surface area contributed by atoms with Gasteiger partial charge in [-0.15, -0.1) is 0 Å². The van der Waals surface area contributed by atoms with Crippen molar-refractivity contribution in [2.45, 2.75) is 39.7 Å². The third kappa shape index (κ3) is 4.17. The van der Waals surface area contributed by atoms with Crippen molar-refractivity contribution >= 4 is 23.4 Å². The number of rotatable bonds is 6. The Hall–Kier alpha value is -2.92. The molecule has 0 radical (unpaired) electrons. The first-order valence-corrected chi connectivity index (χ1v) is 10.4. The highest BCUT2D eigenvalue weighted by Gasteiger charge is 2.23. The number of nitrogens with zero attached hydrogens (tertiary/aromatic N) is 2. The molecule has 0 fully saturated rings. The monoisotopic (exact) mass is 422 g/mol. The number of carbonyl (C=O) groups is 2. The number of hydrogen-bond donors (Lipinski definition) is 0. The summed E-state index contributed by atoms with van der Waals surface area (Å²) in [4.78, 5) is 25.1. The zero-order chi connectivity index (χ0) is 21.3.